The summed E-state index contributed by atoms with van der Waals surface area (Å²) in [4.78, 5) is 12.7. The number of rotatable bonds is 4. The van der Waals surface area contributed by atoms with E-state index in [4.69, 9.17) is 11.6 Å². The minimum atomic E-state index is -3.64. The van der Waals surface area contributed by atoms with Gasteiger partial charge in [-0.05, 0) is 48.6 Å². The van der Waals surface area contributed by atoms with Crippen molar-refractivity contribution in [1.29, 1.82) is 0 Å². The van der Waals surface area contributed by atoms with E-state index in [0.29, 0.717) is 35.6 Å². The van der Waals surface area contributed by atoms with E-state index < -0.39 is 15.9 Å². The summed E-state index contributed by atoms with van der Waals surface area (Å²) in [6.45, 7) is 5.13. The van der Waals surface area contributed by atoms with Crippen molar-refractivity contribution in [3.05, 3.63) is 59.1 Å². The highest BCUT2D eigenvalue weighted by Crippen LogP contribution is 2.27. The number of piperidine rings is 1. The lowest BCUT2D eigenvalue weighted by atomic mass is 9.94. The van der Waals surface area contributed by atoms with Gasteiger partial charge in [-0.3, -0.25) is 4.79 Å². The molecule has 2 aromatic rings. The van der Waals surface area contributed by atoms with Crippen LogP contribution in [-0.4, -0.2) is 31.7 Å². The van der Waals surface area contributed by atoms with Gasteiger partial charge in [-0.15, -0.1) is 0 Å². The van der Waals surface area contributed by atoms with E-state index in [1.165, 1.54) is 16.4 Å². The van der Waals surface area contributed by atoms with Crippen LogP contribution in [0, 0.1) is 11.8 Å². The molecule has 1 amide bonds. The fourth-order valence-corrected chi connectivity index (χ4v) is 5.41. The van der Waals surface area contributed by atoms with Crippen molar-refractivity contribution < 1.29 is 13.2 Å². The van der Waals surface area contributed by atoms with Crippen LogP contribution in [0.2, 0.25) is 5.02 Å². The second kappa shape index (κ2) is 8.00. The number of nitrogens with zero attached hydrogens (tertiary/aromatic N) is 1. The van der Waals surface area contributed by atoms with Gasteiger partial charge in [0.25, 0.3) is 5.91 Å². The highest BCUT2D eigenvalue weighted by molar-refractivity contribution is 7.89. The Morgan fingerprint density at radius 2 is 1.74 bits per heavy atom. The predicted molar refractivity (Wildman–Crippen MR) is 108 cm³/mol. The largest absolute Gasteiger partial charge is 0.321 e. The third kappa shape index (κ3) is 4.51. The zero-order valence-corrected chi connectivity index (χ0v) is 16.9. The van der Waals surface area contributed by atoms with Gasteiger partial charge in [0.15, 0.2) is 0 Å². The van der Waals surface area contributed by atoms with Gasteiger partial charge in [0.1, 0.15) is 0 Å². The minimum absolute atomic E-state index is 0.135. The van der Waals surface area contributed by atoms with Crippen LogP contribution >= 0.6 is 11.6 Å². The topological polar surface area (TPSA) is 66.5 Å². The van der Waals surface area contributed by atoms with Crippen LogP contribution in [0.4, 0.5) is 5.69 Å². The highest BCUT2D eigenvalue weighted by Gasteiger charge is 2.31. The molecule has 7 heteroatoms. The van der Waals surface area contributed by atoms with Gasteiger partial charge in [0.2, 0.25) is 10.0 Å². The molecule has 0 aliphatic carbocycles. The zero-order chi connectivity index (χ0) is 19.6. The van der Waals surface area contributed by atoms with Crippen LogP contribution in [0.15, 0.2) is 53.4 Å². The predicted octanol–water partition coefficient (Wildman–Crippen LogP) is 4.26. The number of amides is 1. The maximum atomic E-state index is 13.0. The van der Waals surface area contributed by atoms with Gasteiger partial charge < -0.3 is 5.32 Å². The van der Waals surface area contributed by atoms with E-state index in [1.54, 1.807) is 36.4 Å². The maximum Gasteiger partial charge on any atom is 0.255 e. The monoisotopic (exact) mass is 406 g/mol. The van der Waals surface area contributed by atoms with E-state index in [9.17, 15) is 13.2 Å². The molecule has 0 spiro atoms. The van der Waals surface area contributed by atoms with Crippen LogP contribution in [0.3, 0.4) is 0 Å². The van der Waals surface area contributed by atoms with Crippen molar-refractivity contribution in [2.45, 2.75) is 25.2 Å². The van der Waals surface area contributed by atoms with Crippen LogP contribution < -0.4 is 5.32 Å². The zero-order valence-electron chi connectivity index (χ0n) is 15.4. The molecule has 0 radical (unpaired) electrons. The molecule has 1 heterocycles. The lowest BCUT2D eigenvalue weighted by Crippen LogP contribution is -2.42. The molecule has 1 N–H and O–H groups in total. The molecule has 1 aliphatic heterocycles. The molecular formula is C20H23ClN2O3S. The van der Waals surface area contributed by atoms with Gasteiger partial charge in [-0.25, -0.2) is 8.42 Å². The minimum Gasteiger partial charge on any atom is -0.321 e. The maximum absolute atomic E-state index is 13.0. The summed E-state index contributed by atoms with van der Waals surface area (Å²) in [6, 6.07) is 13.0. The van der Waals surface area contributed by atoms with Crippen LogP contribution in [0.5, 0.6) is 0 Å². The third-order valence-electron chi connectivity index (χ3n) is 4.69. The van der Waals surface area contributed by atoms with Gasteiger partial charge in [-0.1, -0.05) is 43.6 Å². The van der Waals surface area contributed by atoms with Gasteiger partial charge >= 0.3 is 0 Å². The molecule has 2 aromatic carbocycles. The molecule has 0 saturated carbocycles. The van der Waals surface area contributed by atoms with Crippen molar-refractivity contribution in [2.75, 3.05) is 18.4 Å². The van der Waals surface area contributed by atoms with Crippen LogP contribution in [0.1, 0.15) is 30.6 Å². The summed E-state index contributed by atoms with van der Waals surface area (Å²) in [5, 5.41) is 3.14. The summed E-state index contributed by atoms with van der Waals surface area (Å²) in [5.41, 5.74) is 0.755. The molecule has 1 fully saturated rings. The second-order valence-electron chi connectivity index (χ2n) is 7.23. The molecule has 5 nitrogen and oxygen atoms in total. The molecule has 1 saturated heterocycles. The summed E-state index contributed by atoms with van der Waals surface area (Å²) in [5.74, 6) is 0.228. The standard InChI is InChI=1S/C20H23ClN2O3S/c1-14-10-15(2)13-23(12-14)27(25,26)17-7-5-6-16(11-17)20(24)22-19-9-4-3-8-18(19)21/h3-9,11,14-15H,10,12-13H2,1-2H3,(H,22,24). The molecule has 3 rings (SSSR count). The quantitative estimate of drug-likeness (QED) is 0.824. The first-order chi connectivity index (χ1) is 12.8. The Labute approximate surface area is 165 Å². The number of hydrogen-bond donors (Lipinski definition) is 1. The van der Waals surface area contributed by atoms with E-state index in [2.05, 4.69) is 19.2 Å². The van der Waals surface area contributed by atoms with Crippen molar-refractivity contribution >= 4 is 33.2 Å². The fourth-order valence-electron chi connectivity index (χ4n) is 3.51. The first-order valence-electron chi connectivity index (χ1n) is 8.93. The summed E-state index contributed by atoms with van der Waals surface area (Å²) in [7, 11) is -3.64. The number of anilines is 1. The number of sulfonamides is 1. The SMILES string of the molecule is CC1CC(C)CN(S(=O)(=O)c2cccc(C(=O)Nc3ccccc3Cl)c2)C1. The van der Waals surface area contributed by atoms with Crippen LogP contribution in [0.25, 0.3) is 0 Å². The number of nitrogens with one attached hydrogen (secondary N) is 1. The Kier molecular flexibility index (Phi) is 5.89. The van der Waals surface area contributed by atoms with Crippen molar-refractivity contribution in [3.8, 4) is 0 Å². The smallest absolute Gasteiger partial charge is 0.255 e. The third-order valence-corrected chi connectivity index (χ3v) is 6.85. The molecule has 144 valence electrons. The summed E-state index contributed by atoms with van der Waals surface area (Å²) in [6.07, 6.45) is 1.02. The molecular weight excluding hydrogens is 384 g/mol. The lowest BCUT2D eigenvalue weighted by Gasteiger charge is -2.34. The number of benzene rings is 2. The first-order valence-corrected chi connectivity index (χ1v) is 10.8. The molecule has 1 aliphatic rings. The Balaban J connectivity index is 1.84. The average Bonchev–Trinajstić information content (AvgIpc) is 2.63. The van der Waals surface area contributed by atoms with E-state index in [1.807, 2.05) is 0 Å². The van der Waals surface area contributed by atoms with Gasteiger partial charge in [-0.2, -0.15) is 4.31 Å². The first kappa shape index (κ1) is 19.9. The van der Waals surface area contributed by atoms with Gasteiger partial charge in [0, 0.05) is 18.7 Å². The van der Waals surface area contributed by atoms with Crippen molar-refractivity contribution in [3.63, 3.8) is 0 Å². The molecule has 2 atom stereocenters. The Hall–Kier alpha value is -1.89. The van der Waals surface area contributed by atoms with Crippen molar-refractivity contribution in [2.24, 2.45) is 11.8 Å². The highest BCUT2D eigenvalue weighted by atomic mass is 35.5. The van der Waals surface area contributed by atoms with Gasteiger partial charge in [0.05, 0.1) is 15.6 Å². The molecule has 0 bridgehead atoms. The number of carbonyl (C=O) groups is 1. The number of halogens is 1. The lowest BCUT2D eigenvalue weighted by molar-refractivity contribution is 0.102. The Morgan fingerprint density at radius 1 is 1.07 bits per heavy atom. The number of carbonyl (C=O) groups excluding carboxylic acids is 1. The Bertz CT molecular complexity index is 936. The average molecular weight is 407 g/mol. The molecule has 2 unspecified atom stereocenters. The number of para-hydroxylation sites is 1. The Morgan fingerprint density at radius 3 is 2.41 bits per heavy atom. The van der Waals surface area contributed by atoms with E-state index in [0.717, 1.165) is 6.42 Å². The van der Waals surface area contributed by atoms with E-state index >= 15 is 0 Å². The normalized spacial score (nSPS) is 21.0. The van der Waals surface area contributed by atoms with Crippen molar-refractivity contribution in [1.82, 2.24) is 4.31 Å². The second-order valence-corrected chi connectivity index (χ2v) is 9.58. The fraction of sp³-hybridized carbons (Fsp3) is 0.350. The molecule has 27 heavy (non-hydrogen) atoms. The number of hydrogen-bond acceptors (Lipinski definition) is 3. The van der Waals surface area contributed by atoms with Crippen LogP contribution in [-0.2, 0) is 10.0 Å². The summed E-state index contributed by atoms with van der Waals surface area (Å²) < 4.78 is 27.6. The summed E-state index contributed by atoms with van der Waals surface area (Å²) >= 11 is 6.07. The van der Waals surface area contributed by atoms with E-state index in [-0.39, 0.29) is 10.5 Å². The molecule has 0 aromatic heterocycles.